The molecule has 1 aromatic carbocycles. The zero-order valence-corrected chi connectivity index (χ0v) is 25.0. The van der Waals surface area contributed by atoms with Gasteiger partial charge in [-0.3, -0.25) is 4.79 Å². The van der Waals surface area contributed by atoms with E-state index < -0.39 is 30.1 Å². The summed E-state index contributed by atoms with van der Waals surface area (Å²) in [5.74, 6) is -0.613. The summed E-state index contributed by atoms with van der Waals surface area (Å²) < 4.78 is 48.3. The molecular weight excluding hydrogens is 552 g/mol. The Morgan fingerprint density at radius 1 is 0.690 bits per heavy atom. The van der Waals surface area contributed by atoms with E-state index in [1.54, 1.807) is 52.0 Å². The minimum absolute atomic E-state index is 0.127. The van der Waals surface area contributed by atoms with Crippen LogP contribution in [-0.4, -0.2) is 102 Å². The van der Waals surface area contributed by atoms with Crippen LogP contribution in [0.2, 0.25) is 0 Å². The van der Waals surface area contributed by atoms with Crippen molar-refractivity contribution in [2.75, 3.05) is 66.1 Å². The van der Waals surface area contributed by atoms with Gasteiger partial charge in [-0.1, -0.05) is 13.2 Å². The first-order valence-corrected chi connectivity index (χ1v) is 13.6. The first kappa shape index (κ1) is 36.9. The predicted octanol–water partition coefficient (Wildman–Crippen LogP) is 3.28. The Morgan fingerprint density at radius 3 is 1.64 bits per heavy atom. The molecular formula is C30H44O12. The van der Waals surface area contributed by atoms with Gasteiger partial charge in [-0.15, -0.1) is 0 Å². The molecule has 0 aliphatic rings. The Balaban J connectivity index is 2.23. The van der Waals surface area contributed by atoms with Crippen LogP contribution in [-0.2, 0) is 47.5 Å². The number of esters is 2. The normalized spacial score (nSPS) is 12.7. The van der Waals surface area contributed by atoms with E-state index in [1.807, 2.05) is 0 Å². The van der Waals surface area contributed by atoms with Crippen molar-refractivity contribution in [3.63, 3.8) is 0 Å². The standard InChI is InChI=1S/C30H44O12/c1-7-27(31)40-19-15-34-13-17-36-23(3)37-21-22-39-26-11-9-25(10-12-26)29(33)30(5,6)42-24(4)38-18-14-35-16-20-41-28(32)8-2/h7-12,23-24H,1-2,13-22H2,3-6H3. The first-order valence-electron chi connectivity index (χ1n) is 13.6. The molecule has 0 saturated carbocycles. The molecule has 0 aliphatic heterocycles. The molecule has 12 heteroatoms. The van der Waals surface area contributed by atoms with E-state index in [2.05, 4.69) is 13.2 Å². The molecule has 0 heterocycles. The molecule has 1 rings (SSSR count). The Bertz CT molecular complexity index is 944. The Morgan fingerprint density at radius 2 is 1.14 bits per heavy atom. The Labute approximate surface area is 247 Å². The minimum atomic E-state index is -1.13. The number of carbonyl (C=O) groups is 3. The number of hydrogen-bond acceptors (Lipinski definition) is 12. The van der Waals surface area contributed by atoms with Crippen molar-refractivity contribution < 1.29 is 57.0 Å². The summed E-state index contributed by atoms with van der Waals surface area (Å²) in [4.78, 5) is 34.9. The molecule has 0 fully saturated rings. The number of ether oxygens (including phenoxy) is 9. The van der Waals surface area contributed by atoms with E-state index >= 15 is 0 Å². The molecule has 0 radical (unpaired) electrons. The van der Waals surface area contributed by atoms with Crippen molar-refractivity contribution in [2.45, 2.75) is 45.9 Å². The largest absolute Gasteiger partial charge is 0.491 e. The van der Waals surface area contributed by atoms with Gasteiger partial charge >= 0.3 is 11.9 Å². The van der Waals surface area contributed by atoms with Crippen molar-refractivity contribution in [3.8, 4) is 5.75 Å². The van der Waals surface area contributed by atoms with E-state index in [1.165, 1.54) is 0 Å². The third-order valence-corrected chi connectivity index (χ3v) is 5.27. The quantitative estimate of drug-likeness (QED) is 0.0539. The summed E-state index contributed by atoms with van der Waals surface area (Å²) in [6.07, 6.45) is 1.08. The van der Waals surface area contributed by atoms with Crippen LogP contribution in [0.25, 0.3) is 0 Å². The van der Waals surface area contributed by atoms with Gasteiger partial charge in [0.2, 0.25) is 0 Å². The average Bonchev–Trinajstić information content (AvgIpc) is 2.97. The highest BCUT2D eigenvalue weighted by Gasteiger charge is 2.31. The zero-order valence-electron chi connectivity index (χ0n) is 25.0. The van der Waals surface area contributed by atoms with Gasteiger partial charge in [0.1, 0.15) is 31.2 Å². The fourth-order valence-corrected chi connectivity index (χ4v) is 3.24. The third kappa shape index (κ3) is 17.0. The van der Waals surface area contributed by atoms with Gasteiger partial charge in [-0.2, -0.15) is 0 Å². The van der Waals surface area contributed by atoms with E-state index in [0.717, 1.165) is 12.2 Å². The van der Waals surface area contributed by atoms with E-state index in [-0.39, 0.29) is 45.4 Å². The molecule has 0 aromatic heterocycles. The number of Topliss-reactive ketones (excluding diaryl/α,β-unsaturated/α-hetero) is 1. The highest BCUT2D eigenvalue weighted by atomic mass is 16.7. The highest BCUT2D eigenvalue weighted by Crippen LogP contribution is 2.22. The zero-order chi connectivity index (χ0) is 31.2. The van der Waals surface area contributed by atoms with Gasteiger partial charge in [-0.25, -0.2) is 9.59 Å². The monoisotopic (exact) mass is 596 g/mol. The van der Waals surface area contributed by atoms with E-state index in [0.29, 0.717) is 37.7 Å². The Hall–Kier alpha value is -3.13. The van der Waals surface area contributed by atoms with Crippen LogP contribution in [0.5, 0.6) is 5.75 Å². The lowest BCUT2D eigenvalue weighted by atomic mass is 9.96. The van der Waals surface area contributed by atoms with Crippen LogP contribution in [0.3, 0.4) is 0 Å². The fourth-order valence-electron chi connectivity index (χ4n) is 3.24. The molecule has 0 aliphatic carbocycles. The smallest absolute Gasteiger partial charge is 0.330 e. The first-order chi connectivity index (χ1) is 20.1. The third-order valence-electron chi connectivity index (χ3n) is 5.27. The van der Waals surface area contributed by atoms with Crippen LogP contribution in [0.15, 0.2) is 49.6 Å². The summed E-state index contributed by atoms with van der Waals surface area (Å²) >= 11 is 0. The second kappa shape index (κ2) is 21.6. The van der Waals surface area contributed by atoms with Gasteiger partial charge in [0.15, 0.2) is 18.4 Å². The van der Waals surface area contributed by atoms with Gasteiger partial charge in [0.05, 0.1) is 46.2 Å². The maximum atomic E-state index is 13.0. The van der Waals surface area contributed by atoms with Gasteiger partial charge in [0, 0.05) is 17.7 Å². The molecule has 2 unspecified atom stereocenters. The molecule has 42 heavy (non-hydrogen) atoms. The maximum Gasteiger partial charge on any atom is 0.330 e. The molecule has 0 saturated heterocycles. The van der Waals surface area contributed by atoms with Crippen molar-refractivity contribution in [2.24, 2.45) is 0 Å². The second-order valence-corrected chi connectivity index (χ2v) is 9.05. The molecule has 2 atom stereocenters. The minimum Gasteiger partial charge on any atom is -0.491 e. The van der Waals surface area contributed by atoms with Crippen LogP contribution in [0.1, 0.15) is 38.1 Å². The second-order valence-electron chi connectivity index (χ2n) is 9.05. The Kier molecular flexibility index (Phi) is 18.9. The van der Waals surface area contributed by atoms with Crippen molar-refractivity contribution >= 4 is 17.7 Å². The summed E-state index contributed by atoms with van der Waals surface area (Å²) in [6, 6.07) is 6.76. The van der Waals surface area contributed by atoms with Crippen LogP contribution in [0, 0.1) is 0 Å². The highest BCUT2D eigenvalue weighted by molar-refractivity contribution is 6.02. The molecule has 12 nitrogen and oxygen atoms in total. The lowest BCUT2D eigenvalue weighted by molar-refractivity contribution is -0.180. The summed E-state index contributed by atoms with van der Waals surface area (Å²) in [5.41, 5.74) is -0.661. The molecule has 236 valence electrons. The maximum absolute atomic E-state index is 13.0. The molecule has 1 aromatic rings. The topological polar surface area (TPSA) is 134 Å². The van der Waals surface area contributed by atoms with E-state index in [9.17, 15) is 14.4 Å². The fraction of sp³-hybridized carbons (Fsp3) is 0.567. The number of ketones is 1. The number of rotatable bonds is 25. The summed E-state index contributed by atoms with van der Waals surface area (Å²) in [7, 11) is 0. The van der Waals surface area contributed by atoms with Crippen molar-refractivity contribution in [3.05, 3.63) is 55.1 Å². The average molecular weight is 597 g/mol. The van der Waals surface area contributed by atoms with Gasteiger partial charge in [-0.05, 0) is 52.0 Å². The SMILES string of the molecule is C=CC(=O)OCCOCCOC(C)OCCOc1ccc(C(=O)C(C)(C)OC(C)OCCOCCOC(=O)C=C)cc1. The lowest BCUT2D eigenvalue weighted by Crippen LogP contribution is -2.39. The van der Waals surface area contributed by atoms with Gasteiger partial charge < -0.3 is 42.6 Å². The predicted molar refractivity (Wildman–Crippen MR) is 152 cm³/mol. The van der Waals surface area contributed by atoms with Crippen molar-refractivity contribution in [1.82, 2.24) is 0 Å². The number of carbonyl (C=O) groups excluding carboxylic acids is 3. The lowest BCUT2D eigenvalue weighted by Gasteiger charge is -2.28. The van der Waals surface area contributed by atoms with Crippen LogP contribution < -0.4 is 4.74 Å². The van der Waals surface area contributed by atoms with Crippen LogP contribution in [0.4, 0.5) is 0 Å². The summed E-state index contributed by atoms with van der Waals surface area (Å²) in [5, 5.41) is 0. The van der Waals surface area contributed by atoms with Crippen LogP contribution >= 0.6 is 0 Å². The van der Waals surface area contributed by atoms with Crippen molar-refractivity contribution in [1.29, 1.82) is 0 Å². The number of hydrogen-bond donors (Lipinski definition) is 0. The number of benzene rings is 1. The van der Waals surface area contributed by atoms with E-state index in [4.69, 9.17) is 42.6 Å². The molecule has 0 amide bonds. The molecule has 0 N–H and O–H groups in total. The van der Waals surface area contributed by atoms with Gasteiger partial charge in [0.25, 0.3) is 0 Å². The molecule has 0 bridgehead atoms. The summed E-state index contributed by atoms with van der Waals surface area (Å²) in [6.45, 7) is 16.0. The molecule has 0 spiro atoms.